The highest BCUT2D eigenvalue weighted by Crippen LogP contribution is 2.18. The highest BCUT2D eigenvalue weighted by atomic mass is 32.1. The maximum Gasteiger partial charge on any atom is 0.287 e. The fraction of sp³-hybridized carbons (Fsp3) is 0.500. The Morgan fingerprint density at radius 3 is 3.21 bits per heavy atom. The van der Waals surface area contributed by atoms with Gasteiger partial charge in [-0.1, -0.05) is 0 Å². The Hall–Kier alpha value is -1.90. The lowest BCUT2D eigenvalue weighted by atomic mass is 10.1. The van der Waals surface area contributed by atoms with Crippen LogP contribution in [0, 0.1) is 0 Å². The van der Waals surface area contributed by atoms with Crippen LogP contribution in [-0.2, 0) is 16.1 Å². The van der Waals surface area contributed by atoms with Gasteiger partial charge in [0.1, 0.15) is 6.10 Å². The molecule has 0 spiro atoms. The lowest BCUT2D eigenvalue weighted by molar-refractivity contribution is -0.0743. The fourth-order valence-corrected chi connectivity index (χ4v) is 2.99. The van der Waals surface area contributed by atoms with Crippen molar-refractivity contribution in [2.24, 2.45) is 0 Å². The molecule has 0 aromatic carbocycles. The van der Waals surface area contributed by atoms with Gasteiger partial charge in [0.05, 0.1) is 37.1 Å². The molecular formula is C16H20N2O5S. The van der Waals surface area contributed by atoms with E-state index in [1.807, 2.05) is 12.3 Å². The fourth-order valence-electron chi connectivity index (χ4n) is 2.44. The van der Waals surface area contributed by atoms with Gasteiger partial charge in [0.2, 0.25) is 0 Å². The van der Waals surface area contributed by atoms with Crippen LogP contribution in [0.25, 0.3) is 0 Å². The number of hydrogen-bond acceptors (Lipinski definition) is 7. The van der Waals surface area contributed by atoms with E-state index in [1.54, 1.807) is 17.6 Å². The van der Waals surface area contributed by atoms with Crippen LogP contribution in [0.2, 0.25) is 0 Å². The lowest BCUT2D eigenvalue weighted by Crippen LogP contribution is -2.49. The van der Waals surface area contributed by atoms with Gasteiger partial charge in [0.15, 0.2) is 5.76 Å². The Bertz CT molecular complexity index is 643. The Labute approximate surface area is 143 Å². The molecule has 24 heavy (non-hydrogen) atoms. The number of ether oxygens (including phenoxy) is 3. The van der Waals surface area contributed by atoms with Crippen molar-refractivity contribution < 1.29 is 23.4 Å². The second-order valence-electron chi connectivity index (χ2n) is 5.32. The number of carbonyl (C=O) groups excluding carboxylic acids is 1. The smallest absolute Gasteiger partial charge is 0.287 e. The second-order valence-corrected chi connectivity index (χ2v) is 6.04. The first-order valence-electron chi connectivity index (χ1n) is 7.86. The summed E-state index contributed by atoms with van der Waals surface area (Å²) >= 11 is 1.52. The van der Waals surface area contributed by atoms with Crippen LogP contribution < -0.4 is 10.1 Å². The average Bonchev–Trinajstić information content (AvgIpc) is 3.26. The van der Waals surface area contributed by atoms with Crippen molar-refractivity contribution >= 4 is 17.2 Å². The first-order valence-corrected chi connectivity index (χ1v) is 8.80. The van der Waals surface area contributed by atoms with Crippen LogP contribution in [-0.4, -0.2) is 42.9 Å². The number of carbonyl (C=O) groups is 1. The van der Waals surface area contributed by atoms with Crippen LogP contribution in [0.5, 0.6) is 5.95 Å². The molecule has 0 aliphatic carbocycles. The van der Waals surface area contributed by atoms with Crippen molar-refractivity contribution in [2.75, 3.05) is 19.8 Å². The van der Waals surface area contributed by atoms with E-state index in [4.69, 9.17) is 18.6 Å². The van der Waals surface area contributed by atoms with Crippen LogP contribution in [0.4, 0.5) is 0 Å². The van der Waals surface area contributed by atoms with E-state index in [2.05, 4.69) is 10.3 Å². The van der Waals surface area contributed by atoms with E-state index in [-0.39, 0.29) is 23.8 Å². The number of furan rings is 1. The van der Waals surface area contributed by atoms with Gasteiger partial charge in [-0.3, -0.25) is 4.79 Å². The molecule has 8 heteroatoms. The number of nitrogens with zero attached hydrogens (tertiary/aromatic N) is 1. The maximum absolute atomic E-state index is 12.3. The average molecular weight is 352 g/mol. The summed E-state index contributed by atoms with van der Waals surface area (Å²) in [4.78, 5) is 16.5. The molecule has 130 valence electrons. The third kappa shape index (κ3) is 4.34. The van der Waals surface area contributed by atoms with E-state index in [1.165, 1.54) is 11.3 Å². The van der Waals surface area contributed by atoms with Gasteiger partial charge >= 0.3 is 0 Å². The zero-order chi connectivity index (χ0) is 16.8. The molecule has 0 bridgehead atoms. The van der Waals surface area contributed by atoms with Gasteiger partial charge in [-0.05, 0) is 19.4 Å². The highest BCUT2D eigenvalue weighted by molar-refractivity contribution is 7.07. The lowest BCUT2D eigenvalue weighted by Gasteiger charge is -2.31. The van der Waals surface area contributed by atoms with Crippen LogP contribution in [0.15, 0.2) is 27.4 Å². The van der Waals surface area contributed by atoms with Gasteiger partial charge in [0, 0.05) is 18.1 Å². The molecule has 0 saturated carbocycles. The Morgan fingerprint density at radius 2 is 2.42 bits per heavy atom. The molecule has 3 rings (SSSR count). The quantitative estimate of drug-likeness (QED) is 0.823. The van der Waals surface area contributed by atoms with Gasteiger partial charge in [0.25, 0.3) is 11.9 Å². The van der Waals surface area contributed by atoms with Crippen LogP contribution in [0.3, 0.4) is 0 Å². The number of aromatic nitrogens is 1. The van der Waals surface area contributed by atoms with Crippen LogP contribution in [0.1, 0.15) is 29.6 Å². The number of hydrogen-bond donors (Lipinski definition) is 1. The third-order valence-corrected chi connectivity index (χ3v) is 4.28. The molecule has 0 radical (unpaired) electrons. The minimum absolute atomic E-state index is 0.134. The monoisotopic (exact) mass is 352 g/mol. The Morgan fingerprint density at radius 1 is 1.50 bits per heavy atom. The second kappa shape index (κ2) is 8.27. The van der Waals surface area contributed by atoms with E-state index in [0.717, 1.165) is 5.69 Å². The van der Waals surface area contributed by atoms with Crippen molar-refractivity contribution in [3.63, 3.8) is 0 Å². The molecule has 1 aliphatic rings. The molecule has 2 atom stereocenters. The molecule has 3 heterocycles. The van der Waals surface area contributed by atoms with Gasteiger partial charge in [-0.15, -0.1) is 11.3 Å². The molecule has 1 fully saturated rings. The van der Waals surface area contributed by atoms with Crippen molar-refractivity contribution in [1.82, 2.24) is 10.3 Å². The summed E-state index contributed by atoms with van der Waals surface area (Å²) in [7, 11) is 0. The van der Waals surface area contributed by atoms with Gasteiger partial charge in [-0.2, -0.15) is 0 Å². The van der Waals surface area contributed by atoms with E-state index in [0.29, 0.717) is 38.8 Å². The summed E-state index contributed by atoms with van der Waals surface area (Å²) in [5.74, 6) is 0.282. The van der Waals surface area contributed by atoms with Crippen molar-refractivity contribution in [3.8, 4) is 5.95 Å². The molecule has 0 unspecified atom stereocenters. The molecule has 1 aliphatic heterocycles. The van der Waals surface area contributed by atoms with Gasteiger partial charge < -0.3 is 23.9 Å². The predicted octanol–water partition coefficient (Wildman–Crippen LogP) is 2.24. The van der Waals surface area contributed by atoms with E-state index < -0.39 is 0 Å². The molecule has 7 nitrogen and oxygen atoms in total. The number of thiazole rings is 1. The maximum atomic E-state index is 12.3. The first-order chi connectivity index (χ1) is 11.8. The van der Waals surface area contributed by atoms with Crippen molar-refractivity contribution in [2.45, 2.75) is 32.1 Å². The zero-order valence-corrected chi connectivity index (χ0v) is 14.2. The standard InChI is InChI=1S/C16H20N2O5S/c1-2-21-15-4-3-13(23-15)16(19)18-12-5-6-20-8-14(12)22-7-11-9-24-10-17-11/h3-4,9-10,12,14H,2,5-8H2,1H3,(H,18,19)/t12-,14-/m1/s1. The molecule has 2 aromatic rings. The predicted molar refractivity (Wildman–Crippen MR) is 87.3 cm³/mol. The highest BCUT2D eigenvalue weighted by Gasteiger charge is 2.29. The summed E-state index contributed by atoms with van der Waals surface area (Å²) in [5.41, 5.74) is 2.64. The number of amides is 1. The molecule has 1 saturated heterocycles. The summed E-state index contributed by atoms with van der Waals surface area (Å²) in [6.45, 7) is 3.77. The largest absolute Gasteiger partial charge is 0.465 e. The molecule has 1 amide bonds. The SMILES string of the molecule is CCOc1ccc(C(=O)N[C@@H]2CCOC[C@H]2OCc2cscn2)o1. The van der Waals surface area contributed by atoms with Crippen molar-refractivity contribution in [1.29, 1.82) is 0 Å². The first kappa shape index (κ1) is 16.9. The van der Waals surface area contributed by atoms with E-state index in [9.17, 15) is 4.79 Å². The minimum atomic E-state index is -0.282. The normalized spacial score (nSPS) is 20.7. The topological polar surface area (TPSA) is 82.8 Å². The summed E-state index contributed by atoms with van der Waals surface area (Å²) in [6.07, 6.45) is 0.470. The number of rotatable bonds is 7. The van der Waals surface area contributed by atoms with Crippen molar-refractivity contribution in [3.05, 3.63) is 34.5 Å². The summed E-state index contributed by atoms with van der Waals surface area (Å²) in [5, 5.41) is 4.90. The molecular weight excluding hydrogens is 332 g/mol. The van der Waals surface area contributed by atoms with E-state index >= 15 is 0 Å². The summed E-state index contributed by atoms with van der Waals surface area (Å²) in [6, 6.07) is 3.11. The van der Waals surface area contributed by atoms with Gasteiger partial charge in [-0.25, -0.2) is 4.98 Å². The Balaban J connectivity index is 1.56. The minimum Gasteiger partial charge on any atom is -0.465 e. The molecule has 1 N–H and O–H groups in total. The molecule has 2 aromatic heterocycles. The van der Waals surface area contributed by atoms with Crippen LogP contribution >= 0.6 is 11.3 Å². The zero-order valence-electron chi connectivity index (χ0n) is 13.4. The summed E-state index contributed by atoms with van der Waals surface area (Å²) < 4.78 is 21.9. The number of nitrogens with one attached hydrogen (secondary N) is 1. The Kier molecular flexibility index (Phi) is 5.84. The third-order valence-electron chi connectivity index (χ3n) is 3.64.